The summed E-state index contributed by atoms with van der Waals surface area (Å²) in [7, 11) is 0. The molecule has 0 aromatic carbocycles. The van der Waals surface area contributed by atoms with Crippen LogP contribution in [0.4, 0.5) is 0 Å². The fourth-order valence-corrected chi connectivity index (χ4v) is 3.84. The van der Waals surface area contributed by atoms with E-state index in [4.69, 9.17) is 0 Å². The van der Waals surface area contributed by atoms with E-state index in [1.165, 1.54) is 33.5 Å². The van der Waals surface area contributed by atoms with Gasteiger partial charge in [-0.2, -0.15) is 0 Å². The van der Waals surface area contributed by atoms with Gasteiger partial charge in [0.2, 0.25) is 0 Å². The van der Waals surface area contributed by atoms with Crippen LogP contribution in [0.2, 0.25) is 0 Å². The topological polar surface area (TPSA) is 12.0 Å². The highest BCUT2D eigenvalue weighted by Crippen LogP contribution is 2.32. The third kappa shape index (κ3) is 5.85. The minimum absolute atomic E-state index is 0.416. The molecule has 0 unspecified atom stereocenters. The third-order valence-electron chi connectivity index (χ3n) is 3.26. The van der Waals surface area contributed by atoms with E-state index in [1.807, 2.05) is 11.3 Å². The Labute approximate surface area is 125 Å². The lowest BCUT2D eigenvalue weighted by atomic mass is 9.84. The van der Waals surface area contributed by atoms with Crippen LogP contribution in [0.3, 0.4) is 0 Å². The molecule has 0 aliphatic heterocycles. The molecule has 1 heterocycles. The average Bonchev–Trinajstić information content (AvgIpc) is 2.53. The van der Waals surface area contributed by atoms with Gasteiger partial charge in [0.1, 0.15) is 0 Å². The molecule has 0 bridgehead atoms. The van der Waals surface area contributed by atoms with E-state index in [0.717, 1.165) is 6.54 Å². The van der Waals surface area contributed by atoms with E-state index in [2.05, 4.69) is 61.9 Å². The first kappa shape index (κ1) is 16.2. The maximum atomic E-state index is 3.65. The van der Waals surface area contributed by atoms with Gasteiger partial charge in [-0.05, 0) is 60.1 Å². The Morgan fingerprint density at radius 2 is 2.00 bits per heavy atom. The van der Waals surface area contributed by atoms with Gasteiger partial charge in [-0.25, -0.2) is 0 Å². The van der Waals surface area contributed by atoms with Crippen molar-refractivity contribution in [3.63, 3.8) is 0 Å². The van der Waals surface area contributed by atoms with Crippen LogP contribution in [-0.4, -0.2) is 12.6 Å². The molecule has 0 aliphatic rings. The highest BCUT2D eigenvalue weighted by Gasteiger charge is 2.18. The molecule has 1 aromatic rings. The minimum Gasteiger partial charge on any atom is -0.315 e. The number of nitrogens with one attached hydrogen (secondary N) is 1. The van der Waals surface area contributed by atoms with Gasteiger partial charge < -0.3 is 5.32 Å². The molecule has 0 saturated heterocycles. The van der Waals surface area contributed by atoms with Crippen LogP contribution in [0, 0.1) is 12.3 Å². The van der Waals surface area contributed by atoms with E-state index >= 15 is 0 Å². The number of hydrogen-bond donors (Lipinski definition) is 1. The SMILES string of the molecule is Cc1cc(Br)c(CCC(C)(C)CCNC(C)C)s1. The first-order valence-corrected chi connectivity index (χ1v) is 8.39. The summed E-state index contributed by atoms with van der Waals surface area (Å²) in [6.45, 7) is 12.5. The van der Waals surface area contributed by atoms with Crippen LogP contribution in [0.15, 0.2) is 10.5 Å². The van der Waals surface area contributed by atoms with Crippen molar-refractivity contribution in [1.29, 1.82) is 0 Å². The van der Waals surface area contributed by atoms with E-state index < -0.39 is 0 Å². The van der Waals surface area contributed by atoms with E-state index in [9.17, 15) is 0 Å². The van der Waals surface area contributed by atoms with Crippen molar-refractivity contribution in [3.8, 4) is 0 Å². The fourth-order valence-electron chi connectivity index (χ4n) is 1.98. The minimum atomic E-state index is 0.416. The fraction of sp³-hybridized carbons (Fsp3) is 0.733. The van der Waals surface area contributed by atoms with Crippen LogP contribution in [0.25, 0.3) is 0 Å². The largest absolute Gasteiger partial charge is 0.315 e. The number of halogens is 1. The molecule has 18 heavy (non-hydrogen) atoms. The monoisotopic (exact) mass is 331 g/mol. The van der Waals surface area contributed by atoms with E-state index in [0.29, 0.717) is 11.5 Å². The lowest BCUT2D eigenvalue weighted by molar-refractivity contribution is 0.299. The lowest BCUT2D eigenvalue weighted by Crippen LogP contribution is -2.28. The van der Waals surface area contributed by atoms with Crippen LogP contribution in [0.5, 0.6) is 0 Å². The highest BCUT2D eigenvalue weighted by molar-refractivity contribution is 9.10. The Morgan fingerprint density at radius 3 is 2.50 bits per heavy atom. The summed E-state index contributed by atoms with van der Waals surface area (Å²) >= 11 is 5.58. The second kappa shape index (κ2) is 7.06. The Kier molecular flexibility index (Phi) is 6.36. The van der Waals surface area contributed by atoms with Crippen LogP contribution in [-0.2, 0) is 6.42 Å². The van der Waals surface area contributed by atoms with Crippen molar-refractivity contribution in [1.82, 2.24) is 5.32 Å². The van der Waals surface area contributed by atoms with Crippen molar-refractivity contribution >= 4 is 27.3 Å². The molecular weight excluding hydrogens is 306 g/mol. The second-order valence-electron chi connectivity index (χ2n) is 6.15. The molecule has 1 aromatic heterocycles. The predicted octanol–water partition coefficient (Wildman–Crippen LogP) is 5.17. The summed E-state index contributed by atoms with van der Waals surface area (Å²) in [5.74, 6) is 0. The molecule has 0 radical (unpaired) electrons. The maximum Gasteiger partial charge on any atom is 0.0317 e. The molecule has 1 N–H and O–H groups in total. The summed E-state index contributed by atoms with van der Waals surface area (Å²) in [6.07, 6.45) is 3.69. The quantitative estimate of drug-likeness (QED) is 0.727. The van der Waals surface area contributed by atoms with Gasteiger partial charge in [0, 0.05) is 20.3 Å². The molecule has 0 spiro atoms. The summed E-state index contributed by atoms with van der Waals surface area (Å²) in [5.41, 5.74) is 0.416. The van der Waals surface area contributed by atoms with Crippen molar-refractivity contribution in [2.75, 3.05) is 6.54 Å². The molecule has 0 saturated carbocycles. The molecule has 0 aliphatic carbocycles. The highest BCUT2D eigenvalue weighted by atomic mass is 79.9. The van der Waals surface area contributed by atoms with Crippen LogP contribution < -0.4 is 5.32 Å². The van der Waals surface area contributed by atoms with Crippen molar-refractivity contribution in [2.45, 2.75) is 59.9 Å². The van der Waals surface area contributed by atoms with Crippen LogP contribution in [0.1, 0.15) is 50.3 Å². The van der Waals surface area contributed by atoms with E-state index in [1.54, 1.807) is 0 Å². The van der Waals surface area contributed by atoms with Gasteiger partial charge in [-0.15, -0.1) is 11.3 Å². The normalized spacial score (nSPS) is 12.4. The van der Waals surface area contributed by atoms with Crippen LogP contribution >= 0.6 is 27.3 Å². The molecule has 0 amide bonds. The molecule has 104 valence electrons. The molecule has 0 fully saturated rings. The summed E-state index contributed by atoms with van der Waals surface area (Å²) in [6, 6.07) is 2.82. The van der Waals surface area contributed by atoms with Gasteiger partial charge in [-0.1, -0.05) is 27.7 Å². The Bertz CT molecular complexity index is 369. The molecule has 3 heteroatoms. The van der Waals surface area contributed by atoms with Gasteiger partial charge >= 0.3 is 0 Å². The molecule has 1 rings (SSSR count). The van der Waals surface area contributed by atoms with Crippen molar-refractivity contribution in [3.05, 3.63) is 20.3 Å². The zero-order valence-electron chi connectivity index (χ0n) is 12.3. The summed E-state index contributed by atoms with van der Waals surface area (Å²) in [4.78, 5) is 2.90. The Hall–Kier alpha value is 0.140. The standard InChI is InChI=1S/C15H26BrNS/c1-11(2)17-9-8-15(4,5)7-6-14-13(16)10-12(3)18-14/h10-11,17H,6-9H2,1-5H3. The van der Waals surface area contributed by atoms with Crippen molar-refractivity contribution < 1.29 is 0 Å². The zero-order chi connectivity index (χ0) is 13.8. The lowest BCUT2D eigenvalue weighted by Gasteiger charge is -2.25. The predicted molar refractivity (Wildman–Crippen MR) is 86.6 cm³/mol. The van der Waals surface area contributed by atoms with Crippen molar-refractivity contribution in [2.24, 2.45) is 5.41 Å². The summed E-state index contributed by atoms with van der Waals surface area (Å²) < 4.78 is 1.29. The molecule has 0 atom stereocenters. The number of aryl methyl sites for hydroxylation is 2. The van der Waals surface area contributed by atoms with E-state index in [-0.39, 0.29) is 0 Å². The van der Waals surface area contributed by atoms with Gasteiger partial charge in [0.05, 0.1) is 0 Å². The zero-order valence-corrected chi connectivity index (χ0v) is 14.7. The third-order valence-corrected chi connectivity index (χ3v) is 5.34. The second-order valence-corrected chi connectivity index (χ2v) is 8.35. The Morgan fingerprint density at radius 1 is 1.33 bits per heavy atom. The van der Waals surface area contributed by atoms with Gasteiger partial charge in [0.15, 0.2) is 0 Å². The first-order valence-electron chi connectivity index (χ1n) is 6.78. The maximum absolute atomic E-state index is 3.65. The van der Waals surface area contributed by atoms with Gasteiger partial charge in [-0.3, -0.25) is 0 Å². The summed E-state index contributed by atoms with van der Waals surface area (Å²) in [5, 5.41) is 3.51. The molecular formula is C15H26BrNS. The molecule has 1 nitrogen and oxygen atoms in total. The first-order chi connectivity index (χ1) is 8.30. The Balaban J connectivity index is 2.39. The van der Waals surface area contributed by atoms with Gasteiger partial charge in [0.25, 0.3) is 0 Å². The number of rotatable bonds is 7. The average molecular weight is 332 g/mol. The smallest absolute Gasteiger partial charge is 0.0317 e. The number of hydrogen-bond acceptors (Lipinski definition) is 2. The number of thiophene rings is 1.